The van der Waals surface area contributed by atoms with E-state index in [9.17, 15) is 0 Å². The van der Waals surface area contributed by atoms with Gasteiger partial charge in [-0.3, -0.25) is 0 Å². The molecule has 0 aliphatic carbocycles. The Bertz CT molecular complexity index is 715. The molecular weight excluding hydrogens is 501 g/mol. The van der Waals surface area contributed by atoms with Crippen molar-refractivity contribution in [3.05, 3.63) is 72.0 Å². The molecule has 1 radical (unpaired) electrons. The number of benzene rings is 1. The Morgan fingerprint density at radius 1 is 0.848 bits per heavy atom. The Morgan fingerprint density at radius 2 is 1.33 bits per heavy atom. The molecule has 0 aliphatic heterocycles. The van der Waals surface area contributed by atoms with Crippen LogP contribution in [-0.4, -0.2) is 66.2 Å². The van der Waals surface area contributed by atoms with Gasteiger partial charge in [0.1, 0.15) is 19.3 Å². The van der Waals surface area contributed by atoms with Crippen molar-refractivity contribution in [2.75, 3.05) is 60.0 Å². The van der Waals surface area contributed by atoms with Gasteiger partial charge in [-0.25, -0.2) is 10.6 Å². The number of hydrogen-bond donors (Lipinski definition) is 0. The number of aromatic nitrogens is 1. The van der Waals surface area contributed by atoms with Gasteiger partial charge in [-0.05, 0) is 29.2 Å². The molecule has 1 aromatic carbocycles. The predicted octanol–water partition coefficient (Wildman–Crippen LogP) is 6.31. The van der Waals surface area contributed by atoms with Gasteiger partial charge in [-0.15, -0.1) is 41.5 Å². The van der Waals surface area contributed by atoms with Gasteiger partial charge >= 0.3 is 17.1 Å². The minimum absolute atomic E-state index is 0. The quantitative estimate of drug-likeness (QED) is 0.140. The van der Waals surface area contributed by atoms with Crippen LogP contribution in [0.2, 0.25) is 0 Å². The summed E-state index contributed by atoms with van der Waals surface area (Å²) in [6.07, 6.45) is 3.79. The fourth-order valence-electron chi connectivity index (χ4n) is 1.79. The molecule has 0 aliphatic rings. The van der Waals surface area contributed by atoms with Crippen LogP contribution in [0, 0.1) is 18.7 Å². The number of aliphatic imine (C=N–C) groups is 1. The summed E-state index contributed by atoms with van der Waals surface area (Å²) in [6, 6.07) is 16.4. The molecule has 33 heavy (non-hydrogen) atoms. The van der Waals surface area contributed by atoms with Crippen molar-refractivity contribution < 1.29 is 21.6 Å². The third-order valence-corrected chi connectivity index (χ3v) is 3.13. The van der Waals surface area contributed by atoms with Gasteiger partial charge in [0.15, 0.2) is 0 Å². The van der Waals surface area contributed by atoms with E-state index in [2.05, 4.69) is 104 Å². The summed E-state index contributed by atoms with van der Waals surface area (Å²) in [5.41, 5.74) is 3.36. The molecule has 0 spiro atoms. The van der Waals surface area contributed by atoms with E-state index in [1.807, 2.05) is 48.3 Å². The largest absolute Gasteiger partial charge is 2.00 e. The van der Waals surface area contributed by atoms with Crippen molar-refractivity contribution in [2.45, 2.75) is 26.2 Å². The fraction of sp³-hybridized carbons (Fsp3) is 0.519. The molecule has 0 saturated carbocycles. The van der Waals surface area contributed by atoms with E-state index in [4.69, 9.17) is 0 Å². The van der Waals surface area contributed by atoms with Crippen molar-refractivity contribution in [3.63, 3.8) is 0 Å². The molecule has 2 nitrogen and oxygen atoms in total. The van der Waals surface area contributed by atoms with Gasteiger partial charge in [0.25, 0.3) is 0 Å². The smallest absolute Gasteiger partial charge is 0.325 e. The van der Waals surface area contributed by atoms with Crippen molar-refractivity contribution in [2.24, 2.45) is 12.0 Å². The van der Waals surface area contributed by atoms with Gasteiger partial charge in [0.05, 0.1) is 6.20 Å². The van der Waals surface area contributed by atoms with Crippen molar-refractivity contribution in [1.82, 2.24) is 0 Å². The van der Waals surface area contributed by atoms with Crippen LogP contribution in [0.15, 0.2) is 41.5 Å². The third kappa shape index (κ3) is 26.3. The molecule has 1 heterocycles. The van der Waals surface area contributed by atoms with Crippen LogP contribution in [0.3, 0.4) is 0 Å². The zero-order valence-electron chi connectivity index (χ0n) is 23.4. The summed E-state index contributed by atoms with van der Waals surface area (Å²) in [5, 5.41) is 0. The summed E-state index contributed by atoms with van der Waals surface area (Å²) < 4.78 is 1.98. The summed E-state index contributed by atoms with van der Waals surface area (Å²) >= 11 is 0. The molecule has 0 unspecified atom stereocenters. The molecule has 6 heteroatoms. The van der Waals surface area contributed by atoms with E-state index in [1.54, 1.807) is 6.54 Å². The topological polar surface area (TPSA) is 16.2 Å². The Labute approximate surface area is 221 Å². The van der Waals surface area contributed by atoms with Crippen molar-refractivity contribution in [1.29, 1.82) is 0 Å². The van der Waals surface area contributed by atoms with Crippen molar-refractivity contribution in [3.8, 4) is 0 Å². The average Bonchev–Trinajstić information content (AvgIpc) is 2.62. The Kier molecular flexibility index (Phi) is 24.0. The van der Waals surface area contributed by atoms with Crippen LogP contribution >= 0.6 is 23.8 Å². The summed E-state index contributed by atoms with van der Waals surface area (Å²) in [5.74, 6) is 0. The molecule has 0 atom stereocenters. The Morgan fingerprint density at radius 3 is 1.70 bits per heavy atom. The normalized spacial score (nSPS) is 10.5. The zero-order chi connectivity index (χ0) is 25.3. The molecule has 2 aromatic rings. The SMILES string of the molecule is C[PH+](C)C.C[PH+](C)C.C[PH+](C)C.C[n+]1ccc[c-]c1[CH]N=Cc1[c-]cc(C(C)(C)C)cc1.[Fe+2]. The second kappa shape index (κ2) is 21.2. The second-order valence-electron chi connectivity index (χ2n) is 10.3. The Hall–Kier alpha value is -0.151. The number of hydrogen-bond acceptors (Lipinski definition) is 1. The molecule has 0 fully saturated rings. The first-order valence-electron chi connectivity index (χ1n) is 11.2. The van der Waals surface area contributed by atoms with E-state index in [0.29, 0.717) is 0 Å². The van der Waals surface area contributed by atoms with E-state index in [1.165, 1.54) is 5.56 Å². The number of aryl methyl sites for hydroxylation is 1. The molecule has 2 rings (SSSR count). The van der Waals surface area contributed by atoms with Crippen LogP contribution < -0.4 is 4.57 Å². The molecule has 1 aromatic heterocycles. The van der Waals surface area contributed by atoms with Crippen molar-refractivity contribution >= 4 is 30.0 Å². The van der Waals surface area contributed by atoms with Crippen LogP contribution in [0.25, 0.3) is 0 Å². The summed E-state index contributed by atoms with van der Waals surface area (Å²) in [6.45, 7) is 28.8. The van der Waals surface area contributed by atoms with E-state index >= 15 is 0 Å². The fourth-order valence-corrected chi connectivity index (χ4v) is 1.79. The minimum atomic E-state index is 0. The zero-order valence-corrected chi connectivity index (χ0v) is 27.5. The number of rotatable bonds is 3. The first kappa shape index (κ1) is 37.4. The standard InChI is InChI=1S/C18H20N2.3C3H9P.Fe/c1-18(2,3)16-10-8-15(9-11-16)13-19-14-17-7-5-6-12-20(17)4;3*1-4(2)3;/h5-6,8,10-14H,1-4H3;3*1-3H3;/q-1;;;;+2/p+3. The summed E-state index contributed by atoms with van der Waals surface area (Å²) in [4.78, 5) is 4.33. The maximum atomic E-state index is 4.33. The Balaban J connectivity index is -0.000000578. The summed E-state index contributed by atoms with van der Waals surface area (Å²) in [7, 11) is 2.34. The molecule has 0 amide bonds. The molecule has 0 bridgehead atoms. The van der Waals surface area contributed by atoms with Crippen LogP contribution in [0.1, 0.15) is 37.6 Å². The van der Waals surface area contributed by atoms with Crippen LogP contribution in [-0.2, 0) is 29.5 Å². The van der Waals surface area contributed by atoms with Crippen LogP contribution in [0.4, 0.5) is 0 Å². The van der Waals surface area contributed by atoms with Gasteiger partial charge in [0, 0.05) is 60.0 Å². The minimum Gasteiger partial charge on any atom is -0.325 e. The molecular formula is C27H50FeN2P3+4. The van der Waals surface area contributed by atoms with Crippen LogP contribution in [0.5, 0.6) is 0 Å². The van der Waals surface area contributed by atoms with E-state index in [-0.39, 0.29) is 46.2 Å². The second-order valence-corrected chi connectivity index (χ2v) is 19.3. The van der Waals surface area contributed by atoms with E-state index in [0.717, 1.165) is 11.3 Å². The van der Waals surface area contributed by atoms with Gasteiger partial charge in [-0.1, -0.05) is 27.0 Å². The number of pyridine rings is 1. The van der Waals surface area contributed by atoms with Gasteiger partial charge in [0.2, 0.25) is 0 Å². The number of nitrogens with zero attached hydrogens (tertiary/aromatic N) is 2. The van der Waals surface area contributed by atoms with Gasteiger partial charge < -0.3 is 4.99 Å². The monoisotopic (exact) mass is 551 g/mol. The molecule has 0 saturated heterocycles. The first-order valence-corrected chi connectivity index (χ1v) is 20.2. The third-order valence-electron chi connectivity index (χ3n) is 3.13. The maximum Gasteiger partial charge on any atom is 2.00 e. The predicted molar refractivity (Wildman–Crippen MR) is 160 cm³/mol. The van der Waals surface area contributed by atoms with E-state index < -0.39 is 0 Å². The van der Waals surface area contributed by atoms with Gasteiger partial charge in [-0.2, -0.15) is 6.07 Å². The average molecular weight is 551 g/mol. The molecule has 187 valence electrons. The molecule has 0 N–H and O–H groups in total. The first-order chi connectivity index (χ1) is 14.7. The maximum absolute atomic E-state index is 4.33.